The Balaban J connectivity index is 0.000000211. The first-order chi connectivity index (χ1) is 14.2. The van der Waals surface area contributed by atoms with Gasteiger partial charge in [-0.15, -0.1) is 0 Å². The van der Waals surface area contributed by atoms with Gasteiger partial charge in [0.2, 0.25) is 0 Å². The van der Waals surface area contributed by atoms with Gasteiger partial charge in [-0.25, -0.2) is 4.99 Å². The molecule has 0 aromatic heterocycles. The number of nitrogens with zero attached hydrogens (tertiary/aromatic N) is 1. The van der Waals surface area contributed by atoms with Gasteiger partial charge in [-0.1, -0.05) is 65.4 Å². The van der Waals surface area contributed by atoms with Gasteiger partial charge in [-0.2, -0.15) is 0 Å². The minimum Gasteiger partial charge on any atom is -0.478 e. The molecule has 0 N–H and O–H groups in total. The molecule has 2 atom stereocenters. The largest absolute Gasteiger partial charge is 2.00 e. The number of benzene rings is 1. The van der Waals surface area contributed by atoms with Gasteiger partial charge in [0.25, 0.3) is 0 Å². The summed E-state index contributed by atoms with van der Waals surface area (Å²) in [6.45, 7) is 7.35. The minimum absolute atomic E-state index is 0. The summed E-state index contributed by atoms with van der Waals surface area (Å²) in [7, 11) is -0.120. The molecule has 0 amide bonds. The fraction of sp³-hybridized carbons (Fsp3) is 0.346. The molecule has 2 nitrogen and oxygen atoms in total. The first-order valence-corrected chi connectivity index (χ1v) is 12.2. The molecule has 30 heavy (non-hydrogen) atoms. The predicted octanol–water partition coefficient (Wildman–Crippen LogP) is 5.80. The molecular formula is C26H32FeNOP+2. The van der Waals surface area contributed by atoms with E-state index in [1.165, 1.54) is 30.0 Å². The molecule has 2 saturated carbocycles. The maximum absolute atomic E-state index is 5.52. The van der Waals surface area contributed by atoms with Gasteiger partial charge in [0.15, 0.2) is 5.90 Å². The van der Waals surface area contributed by atoms with E-state index in [1.54, 1.807) is 0 Å². The first kappa shape index (κ1) is 25.9. The van der Waals surface area contributed by atoms with Crippen molar-refractivity contribution in [2.75, 3.05) is 12.8 Å². The summed E-state index contributed by atoms with van der Waals surface area (Å²) in [5, 5.41) is 1.51. The van der Waals surface area contributed by atoms with Crippen molar-refractivity contribution in [1.29, 1.82) is 0 Å². The van der Waals surface area contributed by atoms with Crippen LogP contribution in [0.5, 0.6) is 0 Å². The summed E-state index contributed by atoms with van der Waals surface area (Å²) in [5.41, 5.74) is 1.52. The van der Waals surface area contributed by atoms with Gasteiger partial charge < -0.3 is 4.74 Å². The average Bonchev–Trinajstić information content (AvgIpc) is 3.51. The van der Waals surface area contributed by atoms with E-state index in [-0.39, 0.29) is 25.0 Å². The van der Waals surface area contributed by atoms with E-state index in [2.05, 4.69) is 81.8 Å². The molecule has 10 radical (unpaired) electrons. The fourth-order valence-corrected chi connectivity index (χ4v) is 5.79. The van der Waals surface area contributed by atoms with Crippen LogP contribution in [0.3, 0.4) is 0 Å². The third kappa shape index (κ3) is 7.65. The Labute approximate surface area is 197 Å². The second kappa shape index (κ2) is 13.9. The van der Waals surface area contributed by atoms with E-state index in [4.69, 9.17) is 4.74 Å². The van der Waals surface area contributed by atoms with E-state index < -0.39 is 0 Å². The molecule has 4 heteroatoms. The number of rotatable bonds is 7. The molecule has 1 aliphatic heterocycles. The quantitative estimate of drug-likeness (QED) is 0.372. The normalized spacial score (nSPS) is 22.8. The van der Waals surface area contributed by atoms with Crippen molar-refractivity contribution in [2.24, 2.45) is 10.9 Å². The van der Waals surface area contributed by atoms with Crippen LogP contribution in [0.25, 0.3) is 0 Å². The monoisotopic (exact) mass is 461 g/mol. The Morgan fingerprint density at radius 3 is 2.20 bits per heavy atom. The predicted molar refractivity (Wildman–Crippen MR) is 126 cm³/mol. The van der Waals surface area contributed by atoms with Crippen molar-refractivity contribution in [2.45, 2.75) is 39.7 Å². The van der Waals surface area contributed by atoms with E-state index in [9.17, 15) is 0 Å². The third-order valence-electron chi connectivity index (χ3n) is 5.11. The Hall–Kier alpha value is -0.361. The Kier molecular flexibility index (Phi) is 12.0. The molecule has 3 aliphatic rings. The number of hydrogen-bond donors (Lipinski definition) is 0. The van der Waals surface area contributed by atoms with Crippen LogP contribution in [0.2, 0.25) is 0 Å². The summed E-state index contributed by atoms with van der Waals surface area (Å²) < 4.78 is 5.52. The zero-order valence-electron chi connectivity index (χ0n) is 18.1. The van der Waals surface area contributed by atoms with Gasteiger partial charge in [0.05, 0.1) is 12.0 Å². The average molecular weight is 461 g/mol. The van der Waals surface area contributed by atoms with Crippen molar-refractivity contribution in [3.63, 3.8) is 0 Å². The van der Waals surface area contributed by atoms with Crippen LogP contribution in [0.4, 0.5) is 0 Å². The Bertz CT molecular complexity index is 609. The van der Waals surface area contributed by atoms with Crippen LogP contribution in [-0.4, -0.2) is 24.7 Å². The van der Waals surface area contributed by atoms with Gasteiger partial charge in [0, 0.05) is 5.66 Å². The van der Waals surface area contributed by atoms with Crippen LogP contribution in [0, 0.1) is 68.9 Å². The van der Waals surface area contributed by atoms with E-state index in [0.717, 1.165) is 18.4 Å². The third-order valence-corrected chi connectivity index (χ3v) is 7.72. The molecule has 0 saturated heterocycles. The summed E-state index contributed by atoms with van der Waals surface area (Å²) in [6, 6.07) is 11.3. The molecule has 1 aromatic carbocycles. The Morgan fingerprint density at radius 1 is 1.00 bits per heavy atom. The SMILES string of the molecule is CC(C)[C@H]1COC([C]2[CH][CH][CH][CH]2)=N1.CCCC[P@@]([C]1[CH][CH][CH][CH]1)c1ccccc1.[Fe+2]. The standard InChI is InChI=1S/C15H18P.C11H14NO.Fe/c1-2-3-13-16(15-11-7-8-12-15)14-9-5-4-6-10-14;1-8(2)10-7-13-11(12-10)9-5-3-4-6-9;/h4-12H,2-3,13H2,1H3;3-6,8,10H,7H2,1-2H3;/q;;+2/t16-;10-;/m11./s1. The maximum Gasteiger partial charge on any atom is 2.00 e. The molecule has 4 rings (SSSR count). The second-order valence-electron chi connectivity index (χ2n) is 7.71. The molecule has 2 aliphatic carbocycles. The first-order valence-electron chi connectivity index (χ1n) is 10.7. The molecule has 0 spiro atoms. The Morgan fingerprint density at radius 2 is 1.63 bits per heavy atom. The molecule has 2 fully saturated rings. The molecule has 0 unspecified atom stereocenters. The number of aliphatic imine (C=N–C) groups is 1. The zero-order chi connectivity index (χ0) is 20.5. The maximum atomic E-state index is 5.52. The van der Waals surface area contributed by atoms with E-state index in [1.807, 2.05) is 25.7 Å². The molecule has 0 bridgehead atoms. The van der Waals surface area contributed by atoms with Gasteiger partial charge >= 0.3 is 17.1 Å². The van der Waals surface area contributed by atoms with Crippen LogP contribution in [0.1, 0.15) is 33.6 Å². The van der Waals surface area contributed by atoms with Crippen molar-refractivity contribution >= 4 is 19.1 Å². The molecule has 1 heterocycles. The molecule has 158 valence electrons. The van der Waals surface area contributed by atoms with E-state index in [0.29, 0.717) is 12.0 Å². The van der Waals surface area contributed by atoms with Crippen molar-refractivity contribution < 1.29 is 21.8 Å². The number of ether oxygens (including phenoxy) is 1. The number of hydrogen-bond acceptors (Lipinski definition) is 2. The topological polar surface area (TPSA) is 21.6 Å². The van der Waals surface area contributed by atoms with Crippen LogP contribution >= 0.6 is 7.92 Å². The van der Waals surface area contributed by atoms with Crippen LogP contribution in [0.15, 0.2) is 35.3 Å². The van der Waals surface area contributed by atoms with Gasteiger partial charge in [0.1, 0.15) is 6.61 Å². The van der Waals surface area contributed by atoms with E-state index >= 15 is 0 Å². The van der Waals surface area contributed by atoms with Gasteiger partial charge in [-0.3, -0.25) is 0 Å². The second-order valence-corrected chi connectivity index (χ2v) is 10.1. The smallest absolute Gasteiger partial charge is 0.478 e. The van der Waals surface area contributed by atoms with Crippen molar-refractivity contribution in [1.82, 2.24) is 0 Å². The fourth-order valence-electron chi connectivity index (χ4n) is 3.28. The number of unbranched alkanes of at least 4 members (excludes halogenated alkanes) is 1. The zero-order valence-corrected chi connectivity index (χ0v) is 20.1. The van der Waals surface area contributed by atoms with Crippen LogP contribution in [-0.2, 0) is 21.8 Å². The summed E-state index contributed by atoms with van der Waals surface area (Å²) in [6.07, 6.45) is 20.8. The van der Waals surface area contributed by atoms with Crippen molar-refractivity contribution in [3.05, 3.63) is 93.3 Å². The summed E-state index contributed by atoms with van der Waals surface area (Å²) in [4.78, 5) is 4.52. The summed E-state index contributed by atoms with van der Waals surface area (Å²) in [5.74, 6) is 2.47. The minimum atomic E-state index is -0.120. The van der Waals surface area contributed by atoms with Crippen molar-refractivity contribution in [3.8, 4) is 0 Å². The van der Waals surface area contributed by atoms with Gasteiger partial charge in [-0.05, 0) is 75.2 Å². The summed E-state index contributed by atoms with van der Waals surface area (Å²) >= 11 is 0. The molecular weight excluding hydrogens is 429 g/mol. The van der Waals surface area contributed by atoms with Crippen LogP contribution < -0.4 is 5.30 Å². The molecule has 1 aromatic rings.